The lowest BCUT2D eigenvalue weighted by Crippen LogP contribution is -2.28. The summed E-state index contributed by atoms with van der Waals surface area (Å²) in [5, 5.41) is 11.6. The predicted octanol–water partition coefficient (Wildman–Crippen LogP) is 4.16. The molecule has 0 saturated heterocycles. The monoisotopic (exact) mass is 409 g/mol. The Bertz CT molecular complexity index is 1110. The van der Waals surface area contributed by atoms with Gasteiger partial charge in [0.15, 0.2) is 5.69 Å². The van der Waals surface area contributed by atoms with Gasteiger partial charge >= 0.3 is 0 Å². The van der Waals surface area contributed by atoms with Crippen molar-refractivity contribution in [2.24, 2.45) is 0 Å². The fourth-order valence-corrected chi connectivity index (χ4v) is 3.29. The Morgan fingerprint density at radius 1 is 1.24 bits per heavy atom. The molecular formula is C21H20ClN5O2. The van der Waals surface area contributed by atoms with Crippen molar-refractivity contribution in [3.63, 3.8) is 0 Å². The second kappa shape index (κ2) is 7.97. The van der Waals surface area contributed by atoms with Crippen molar-refractivity contribution < 1.29 is 9.32 Å². The molecular weight excluding hydrogens is 390 g/mol. The zero-order chi connectivity index (χ0) is 20.4. The predicted molar refractivity (Wildman–Crippen MR) is 109 cm³/mol. The molecule has 0 aliphatic heterocycles. The number of benzene rings is 1. The van der Waals surface area contributed by atoms with Crippen molar-refractivity contribution >= 4 is 17.5 Å². The number of hydrogen-bond donors (Lipinski definition) is 1. The van der Waals surface area contributed by atoms with E-state index in [9.17, 15) is 4.79 Å². The van der Waals surface area contributed by atoms with Gasteiger partial charge in [-0.15, -0.1) is 0 Å². The lowest BCUT2D eigenvalue weighted by molar-refractivity contribution is 0.0929. The Hall–Kier alpha value is -3.32. The fourth-order valence-electron chi connectivity index (χ4n) is 3.13. The number of aromatic nitrogens is 4. The van der Waals surface area contributed by atoms with E-state index in [2.05, 4.69) is 15.6 Å². The number of nitrogens with zero attached hydrogens (tertiary/aromatic N) is 4. The average Bonchev–Trinajstić information content (AvgIpc) is 3.45. The smallest absolute Gasteiger partial charge is 0.274 e. The maximum atomic E-state index is 12.8. The average molecular weight is 410 g/mol. The van der Waals surface area contributed by atoms with Gasteiger partial charge in [-0.05, 0) is 43.7 Å². The molecule has 0 aliphatic carbocycles. The molecule has 1 N–H and O–H groups in total. The standard InChI is InChI=1S/C21H20ClN5O2/c1-14(16-5-7-18(8-6-16)26-9-3-4-10-26)24-21(28)20-19(15(2)29-25-20)13-27-12-17(22)11-23-27/h3-12,14H,13H2,1-2H3,(H,24,28). The summed E-state index contributed by atoms with van der Waals surface area (Å²) in [6.07, 6.45) is 7.21. The minimum Gasteiger partial charge on any atom is -0.361 e. The first-order valence-electron chi connectivity index (χ1n) is 9.18. The van der Waals surface area contributed by atoms with Crippen LogP contribution < -0.4 is 5.32 Å². The molecule has 8 heteroatoms. The van der Waals surface area contributed by atoms with Gasteiger partial charge in [0.1, 0.15) is 5.76 Å². The largest absolute Gasteiger partial charge is 0.361 e. The minimum atomic E-state index is -0.294. The van der Waals surface area contributed by atoms with Crippen molar-refractivity contribution in [2.75, 3.05) is 0 Å². The molecule has 1 atom stereocenters. The molecule has 1 amide bonds. The molecule has 0 fully saturated rings. The zero-order valence-corrected chi connectivity index (χ0v) is 16.8. The van der Waals surface area contributed by atoms with E-state index in [1.165, 1.54) is 0 Å². The minimum absolute atomic E-state index is 0.190. The summed E-state index contributed by atoms with van der Waals surface area (Å²) in [6.45, 7) is 4.06. The molecule has 1 unspecified atom stereocenters. The van der Waals surface area contributed by atoms with Crippen molar-refractivity contribution in [2.45, 2.75) is 26.4 Å². The van der Waals surface area contributed by atoms with E-state index in [1.807, 2.05) is 60.3 Å². The number of rotatable bonds is 6. The Kier molecular flexibility index (Phi) is 5.22. The van der Waals surface area contributed by atoms with Crippen LogP contribution in [0.4, 0.5) is 0 Å². The summed E-state index contributed by atoms with van der Waals surface area (Å²) >= 11 is 5.92. The topological polar surface area (TPSA) is 77.9 Å². The third kappa shape index (κ3) is 4.09. The van der Waals surface area contributed by atoms with Gasteiger partial charge in [0, 0.05) is 29.8 Å². The molecule has 3 heterocycles. The number of hydrogen-bond acceptors (Lipinski definition) is 4. The molecule has 4 aromatic rings. The van der Waals surface area contributed by atoms with Crippen molar-refractivity contribution in [1.29, 1.82) is 0 Å². The molecule has 0 spiro atoms. The lowest BCUT2D eigenvalue weighted by Gasteiger charge is -2.15. The van der Waals surface area contributed by atoms with Crippen LogP contribution in [0.5, 0.6) is 0 Å². The first kappa shape index (κ1) is 19.0. The highest BCUT2D eigenvalue weighted by Crippen LogP contribution is 2.19. The third-order valence-electron chi connectivity index (χ3n) is 4.76. The maximum absolute atomic E-state index is 12.8. The Morgan fingerprint density at radius 2 is 1.97 bits per heavy atom. The van der Waals surface area contributed by atoms with E-state index in [-0.39, 0.29) is 17.6 Å². The number of amides is 1. The van der Waals surface area contributed by atoms with Crippen LogP contribution in [0.15, 0.2) is 65.7 Å². The van der Waals surface area contributed by atoms with E-state index in [0.29, 0.717) is 22.9 Å². The molecule has 0 saturated carbocycles. The summed E-state index contributed by atoms with van der Waals surface area (Å²) in [6, 6.07) is 11.8. The molecule has 29 heavy (non-hydrogen) atoms. The van der Waals surface area contributed by atoms with Gasteiger partial charge in [0.05, 0.1) is 23.8 Å². The van der Waals surface area contributed by atoms with Crippen LogP contribution in [-0.4, -0.2) is 25.4 Å². The van der Waals surface area contributed by atoms with Crippen molar-refractivity contribution in [3.05, 3.63) is 88.8 Å². The SMILES string of the molecule is Cc1onc(C(=O)NC(C)c2ccc(-n3cccc3)cc2)c1Cn1cc(Cl)cn1. The van der Waals surface area contributed by atoms with Gasteiger partial charge < -0.3 is 14.4 Å². The molecule has 0 aliphatic rings. The molecule has 7 nitrogen and oxygen atoms in total. The van der Waals surface area contributed by atoms with Crippen molar-refractivity contribution in [1.82, 2.24) is 24.8 Å². The molecule has 0 bridgehead atoms. The van der Waals surface area contributed by atoms with Gasteiger partial charge in [-0.3, -0.25) is 9.48 Å². The first-order valence-corrected chi connectivity index (χ1v) is 9.56. The number of carbonyl (C=O) groups is 1. The molecule has 4 rings (SSSR count). The van der Waals surface area contributed by atoms with Crippen LogP contribution in [0.1, 0.15) is 40.3 Å². The number of carbonyl (C=O) groups excluding carboxylic acids is 1. The van der Waals surface area contributed by atoms with E-state index in [0.717, 1.165) is 11.3 Å². The first-order chi connectivity index (χ1) is 14.0. The van der Waals surface area contributed by atoms with Gasteiger partial charge in [-0.25, -0.2) is 0 Å². The number of nitrogens with one attached hydrogen (secondary N) is 1. The third-order valence-corrected chi connectivity index (χ3v) is 4.96. The van der Waals surface area contributed by atoms with Crippen LogP contribution in [-0.2, 0) is 6.54 Å². The Morgan fingerprint density at radius 3 is 2.62 bits per heavy atom. The highest BCUT2D eigenvalue weighted by Gasteiger charge is 2.22. The van der Waals surface area contributed by atoms with Gasteiger partial charge in [-0.2, -0.15) is 5.10 Å². The summed E-state index contributed by atoms with van der Waals surface area (Å²) < 4.78 is 8.92. The Labute approximate surface area is 172 Å². The van der Waals surface area contributed by atoms with E-state index < -0.39 is 0 Å². The summed E-state index contributed by atoms with van der Waals surface area (Å²) in [7, 11) is 0. The van der Waals surface area contributed by atoms with Crippen LogP contribution in [0.3, 0.4) is 0 Å². The van der Waals surface area contributed by atoms with E-state index in [4.69, 9.17) is 16.1 Å². The second-order valence-corrected chi connectivity index (χ2v) is 7.24. The normalized spacial score (nSPS) is 12.1. The fraction of sp³-hybridized carbons (Fsp3) is 0.190. The molecule has 3 aromatic heterocycles. The summed E-state index contributed by atoms with van der Waals surface area (Å²) in [4.78, 5) is 12.8. The number of aryl methyl sites for hydroxylation is 1. The van der Waals surface area contributed by atoms with Crippen LogP contribution in [0.25, 0.3) is 5.69 Å². The molecule has 148 valence electrons. The lowest BCUT2D eigenvalue weighted by atomic mass is 10.1. The van der Waals surface area contributed by atoms with Gasteiger partial charge in [0.2, 0.25) is 0 Å². The van der Waals surface area contributed by atoms with Gasteiger partial charge in [-0.1, -0.05) is 28.9 Å². The zero-order valence-electron chi connectivity index (χ0n) is 16.0. The van der Waals surface area contributed by atoms with Crippen LogP contribution in [0.2, 0.25) is 5.02 Å². The summed E-state index contributed by atoms with van der Waals surface area (Å²) in [5.41, 5.74) is 2.99. The molecule has 0 radical (unpaired) electrons. The van der Waals surface area contributed by atoms with E-state index >= 15 is 0 Å². The van der Waals surface area contributed by atoms with E-state index in [1.54, 1.807) is 24.0 Å². The second-order valence-electron chi connectivity index (χ2n) is 6.80. The quantitative estimate of drug-likeness (QED) is 0.518. The number of halogens is 1. The van der Waals surface area contributed by atoms with Crippen LogP contribution in [0, 0.1) is 6.92 Å². The Balaban J connectivity index is 1.48. The van der Waals surface area contributed by atoms with Crippen molar-refractivity contribution in [3.8, 4) is 5.69 Å². The summed E-state index contributed by atoms with van der Waals surface area (Å²) in [5.74, 6) is 0.280. The highest BCUT2D eigenvalue weighted by molar-refractivity contribution is 6.30. The van der Waals surface area contributed by atoms with Gasteiger partial charge in [0.25, 0.3) is 5.91 Å². The molecule has 1 aromatic carbocycles. The maximum Gasteiger partial charge on any atom is 0.274 e. The highest BCUT2D eigenvalue weighted by atomic mass is 35.5. The van der Waals surface area contributed by atoms with Crippen LogP contribution >= 0.6 is 11.6 Å².